The number of sulfone groups is 1. The first-order valence-electron chi connectivity index (χ1n) is 7.12. The molecule has 1 saturated carbocycles. The Labute approximate surface area is 121 Å². The number of nitrogens with two attached hydrogens (primary N) is 1. The number of hydrogen-bond donors (Lipinski definition) is 1. The summed E-state index contributed by atoms with van der Waals surface area (Å²) in [7, 11) is -3.04. The molecule has 3 atom stereocenters. The maximum absolute atomic E-state index is 12.1. The Morgan fingerprint density at radius 2 is 2.21 bits per heavy atom. The minimum absolute atomic E-state index is 0.0909. The van der Waals surface area contributed by atoms with E-state index < -0.39 is 9.84 Å². The molecule has 2 rings (SSSR count). The highest BCUT2D eigenvalue weighted by molar-refractivity contribution is 8.00. The van der Waals surface area contributed by atoms with Crippen LogP contribution < -0.4 is 5.73 Å². The zero-order valence-electron chi connectivity index (χ0n) is 12.0. The summed E-state index contributed by atoms with van der Waals surface area (Å²) >= 11 is 1.75. The van der Waals surface area contributed by atoms with Gasteiger partial charge in [0.15, 0.2) is 9.84 Å². The van der Waals surface area contributed by atoms with Crippen LogP contribution in [0.1, 0.15) is 32.6 Å². The lowest BCUT2D eigenvalue weighted by Crippen LogP contribution is -2.63. The molecule has 19 heavy (non-hydrogen) atoms. The molecule has 4 nitrogen and oxygen atoms in total. The molecule has 2 N–H and O–H groups in total. The Bertz CT molecular complexity index is 413. The van der Waals surface area contributed by atoms with Gasteiger partial charge in [-0.2, -0.15) is 11.8 Å². The number of rotatable bonds is 3. The van der Waals surface area contributed by atoms with Crippen LogP contribution in [0.4, 0.5) is 0 Å². The molecule has 2 fully saturated rings. The Hall–Kier alpha value is 0.220. The Balaban J connectivity index is 2.29. The summed E-state index contributed by atoms with van der Waals surface area (Å²) < 4.78 is 24.2. The summed E-state index contributed by atoms with van der Waals surface area (Å²) in [6.45, 7) is 3.69. The van der Waals surface area contributed by atoms with Crippen LogP contribution in [-0.2, 0) is 9.84 Å². The van der Waals surface area contributed by atoms with Gasteiger partial charge < -0.3 is 5.73 Å². The van der Waals surface area contributed by atoms with E-state index in [0.29, 0.717) is 18.2 Å². The molecule has 112 valence electrons. The SMILES string of the molecule is CC1CCCC(CN)(N2CCSCC2S(C)(=O)=O)C1. The van der Waals surface area contributed by atoms with Crippen LogP contribution >= 0.6 is 11.8 Å². The topological polar surface area (TPSA) is 63.4 Å². The molecular weight excluding hydrogens is 280 g/mol. The second-order valence-electron chi connectivity index (χ2n) is 6.18. The van der Waals surface area contributed by atoms with E-state index in [1.165, 1.54) is 19.1 Å². The summed E-state index contributed by atoms with van der Waals surface area (Å²) in [6, 6.07) is 0. The standard InChI is InChI=1S/C13H26N2O2S2/c1-11-4-3-5-13(8-11,10-14)15-6-7-18-9-12(15)19(2,16)17/h11-12H,3-10,14H2,1-2H3. The van der Waals surface area contributed by atoms with Crippen LogP contribution in [0.5, 0.6) is 0 Å². The molecule has 0 spiro atoms. The van der Waals surface area contributed by atoms with Gasteiger partial charge in [-0.3, -0.25) is 4.90 Å². The van der Waals surface area contributed by atoms with E-state index in [1.807, 2.05) is 0 Å². The second-order valence-corrected chi connectivity index (χ2v) is 9.54. The quantitative estimate of drug-likeness (QED) is 0.852. The van der Waals surface area contributed by atoms with Gasteiger partial charge in [0.25, 0.3) is 0 Å². The summed E-state index contributed by atoms with van der Waals surface area (Å²) in [4.78, 5) is 2.23. The van der Waals surface area contributed by atoms with Crippen molar-refractivity contribution >= 4 is 21.6 Å². The van der Waals surface area contributed by atoms with Gasteiger partial charge in [-0.15, -0.1) is 0 Å². The van der Waals surface area contributed by atoms with Crippen molar-refractivity contribution in [2.75, 3.05) is 30.9 Å². The third kappa shape index (κ3) is 3.28. The van der Waals surface area contributed by atoms with Crippen LogP contribution in [0, 0.1) is 5.92 Å². The summed E-state index contributed by atoms with van der Waals surface area (Å²) in [5.41, 5.74) is 6.00. The van der Waals surface area contributed by atoms with Gasteiger partial charge in [0.1, 0.15) is 5.37 Å². The molecular formula is C13H26N2O2S2. The summed E-state index contributed by atoms with van der Waals surface area (Å²) in [6.07, 6.45) is 5.87. The number of nitrogens with zero attached hydrogens (tertiary/aromatic N) is 1. The third-order valence-corrected chi connectivity index (χ3v) is 7.28. The van der Waals surface area contributed by atoms with Crippen molar-refractivity contribution in [3.05, 3.63) is 0 Å². The highest BCUT2D eigenvalue weighted by Crippen LogP contribution is 2.39. The van der Waals surface area contributed by atoms with Gasteiger partial charge in [-0.25, -0.2) is 8.42 Å². The lowest BCUT2D eigenvalue weighted by Gasteiger charge is -2.51. The average molecular weight is 306 g/mol. The zero-order valence-corrected chi connectivity index (χ0v) is 13.6. The summed E-state index contributed by atoms with van der Waals surface area (Å²) in [5, 5.41) is -0.347. The molecule has 1 saturated heterocycles. The van der Waals surface area contributed by atoms with Gasteiger partial charge in [-0.05, 0) is 18.8 Å². The minimum atomic E-state index is -3.04. The van der Waals surface area contributed by atoms with Gasteiger partial charge >= 0.3 is 0 Å². The molecule has 1 aliphatic heterocycles. The maximum atomic E-state index is 12.1. The fraction of sp³-hybridized carbons (Fsp3) is 1.00. The second kappa shape index (κ2) is 5.92. The third-order valence-electron chi connectivity index (χ3n) is 4.64. The van der Waals surface area contributed by atoms with Gasteiger partial charge in [0.2, 0.25) is 0 Å². The van der Waals surface area contributed by atoms with Crippen molar-refractivity contribution in [1.29, 1.82) is 0 Å². The van der Waals surface area contributed by atoms with Crippen molar-refractivity contribution < 1.29 is 8.42 Å². The van der Waals surface area contributed by atoms with E-state index >= 15 is 0 Å². The zero-order chi connectivity index (χ0) is 14.1. The van der Waals surface area contributed by atoms with Crippen molar-refractivity contribution in [2.45, 2.75) is 43.5 Å². The van der Waals surface area contributed by atoms with Crippen LogP contribution in [0.2, 0.25) is 0 Å². The highest BCUT2D eigenvalue weighted by atomic mass is 32.2. The van der Waals surface area contributed by atoms with Gasteiger partial charge in [0.05, 0.1) is 0 Å². The molecule has 0 aromatic heterocycles. The number of thioether (sulfide) groups is 1. The van der Waals surface area contributed by atoms with Crippen molar-refractivity contribution in [1.82, 2.24) is 4.90 Å². The molecule has 3 unspecified atom stereocenters. The van der Waals surface area contributed by atoms with E-state index in [1.54, 1.807) is 11.8 Å². The lowest BCUT2D eigenvalue weighted by atomic mass is 9.75. The van der Waals surface area contributed by atoms with Crippen molar-refractivity contribution in [3.8, 4) is 0 Å². The molecule has 2 aliphatic rings. The fourth-order valence-electron chi connectivity index (χ4n) is 3.67. The largest absolute Gasteiger partial charge is 0.329 e. The number of hydrogen-bond acceptors (Lipinski definition) is 5. The van der Waals surface area contributed by atoms with Gasteiger partial charge in [-0.1, -0.05) is 19.8 Å². The van der Waals surface area contributed by atoms with Crippen molar-refractivity contribution in [2.24, 2.45) is 11.7 Å². The predicted molar refractivity (Wildman–Crippen MR) is 82.1 cm³/mol. The van der Waals surface area contributed by atoms with Crippen LogP contribution in [0.3, 0.4) is 0 Å². The first kappa shape index (κ1) is 15.6. The van der Waals surface area contributed by atoms with Crippen LogP contribution in [0.25, 0.3) is 0 Å². The molecule has 6 heteroatoms. The Kier molecular flexibility index (Phi) is 4.86. The summed E-state index contributed by atoms with van der Waals surface area (Å²) in [5.74, 6) is 2.35. The predicted octanol–water partition coefficient (Wildman–Crippen LogP) is 1.31. The Morgan fingerprint density at radius 1 is 1.47 bits per heavy atom. The average Bonchev–Trinajstić information content (AvgIpc) is 2.37. The highest BCUT2D eigenvalue weighted by Gasteiger charge is 2.45. The van der Waals surface area contributed by atoms with E-state index in [9.17, 15) is 8.42 Å². The molecule has 1 aliphatic carbocycles. The maximum Gasteiger partial charge on any atom is 0.164 e. The molecule has 0 bridgehead atoms. The Morgan fingerprint density at radius 3 is 2.79 bits per heavy atom. The lowest BCUT2D eigenvalue weighted by molar-refractivity contribution is 0.0357. The van der Waals surface area contributed by atoms with E-state index in [2.05, 4.69) is 11.8 Å². The smallest absolute Gasteiger partial charge is 0.164 e. The normalized spacial score (nSPS) is 38.3. The molecule has 0 aromatic carbocycles. The molecule has 0 amide bonds. The monoisotopic (exact) mass is 306 g/mol. The van der Waals surface area contributed by atoms with Crippen molar-refractivity contribution in [3.63, 3.8) is 0 Å². The minimum Gasteiger partial charge on any atom is -0.329 e. The van der Waals surface area contributed by atoms with Crippen LogP contribution in [0.15, 0.2) is 0 Å². The van der Waals surface area contributed by atoms with Gasteiger partial charge in [0, 0.05) is 36.4 Å². The first-order chi connectivity index (χ1) is 8.89. The first-order valence-corrected chi connectivity index (χ1v) is 10.2. The van der Waals surface area contributed by atoms with E-state index in [0.717, 1.165) is 25.1 Å². The van der Waals surface area contributed by atoms with E-state index in [4.69, 9.17) is 5.73 Å². The fourth-order valence-corrected chi connectivity index (χ4v) is 6.62. The molecule has 0 radical (unpaired) electrons. The molecule has 1 heterocycles. The van der Waals surface area contributed by atoms with E-state index in [-0.39, 0.29) is 10.9 Å². The van der Waals surface area contributed by atoms with Crippen LogP contribution in [-0.4, -0.2) is 55.1 Å². The molecule has 0 aromatic rings.